The van der Waals surface area contributed by atoms with E-state index in [0.29, 0.717) is 13.1 Å². The van der Waals surface area contributed by atoms with Crippen LogP contribution in [0.3, 0.4) is 0 Å². The zero-order valence-electron chi connectivity index (χ0n) is 12.5. The topological polar surface area (TPSA) is 56.3 Å². The minimum Gasteiger partial charge on any atom is -0.374 e. The summed E-state index contributed by atoms with van der Waals surface area (Å²) in [5.74, 6) is -0.216. The summed E-state index contributed by atoms with van der Waals surface area (Å²) in [5.41, 5.74) is 7.86. The molecule has 2 heterocycles. The van der Waals surface area contributed by atoms with E-state index in [1.165, 1.54) is 17.7 Å². The van der Waals surface area contributed by atoms with Gasteiger partial charge in [0.15, 0.2) is 0 Å². The number of nitrogens with zero attached hydrogens (tertiary/aromatic N) is 3. The molecule has 5 nitrogen and oxygen atoms in total. The number of nitrogens with two attached hydrogens (primary N) is 1. The predicted molar refractivity (Wildman–Crippen MR) is 81.8 cm³/mol. The molecule has 6 heteroatoms. The standard InChI is InChI=1S/C16H21FN4O/c17-15-3-1-13(2-4-15)10-21-11-14(8-19-21)9-20-5-6-22-16(7-18)12-20/h1-4,8,11,16H,5-7,9-10,12,18H2. The first-order valence-electron chi connectivity index (χ1n) is 7.53. The maximum atomic E-state index is 12.9. The van der Waals surface area contributed by atoms with Gasteiger partial charge in [-0.05, 0) is 17.7 Å². The second kappa shape index (κ2) is 7.00. The van der Waals surface area contributed by atoms with Crippen LogP contribution in [0.2, 0.25) is 0 Å². The smallest absolute Gasteiger partial charge is 0.123 e. The van der Waals surface area contributed by atoms with Crippen molar-refractivity contribution in [2.75, 3.05) is 26.2 Å². The quantitative estimate of drug-likeness (QED) is 0.903. The third kappa shape index (κ3) is 3.91. The molecule has 1 aliphatic rings. The molecule has 2 aromatic rings. The maximum absolute atomic E-state index is 12.9. The lowest BCUT2D eigenvalue weighted by molar-refractivity contribution is -0.0260. The number of hydrogen-bond donors (Lipinski definition) is 1. The second-order valence-electron chi connectivity index (χ2n) is 5.64. The lowest BCUT2D eigenvalue weighted by atomic mass is 10.2. The predicted octanol–water partition coefficient (Wildman–Crippen LogP) is 1.23. The zero-order chi connectivity index (χ0) is 15.4. The lowest BCUT2D eigenvalue weighted by Gasteiger charge is -2.31. The third-order valence-electron chi connectivity index (χ3n) is 3.84. The van der Waals surface area contributed by atoms with Gasteiger partial charge in [0, 0.05) is 37.9 Å². The van der Waals surface area contributed by atoms with Gasteiger partial charge in [-0.2, -0.15) is 5.10 Å². The Bertz CT molecular complexity index is 598. The molecule has 1 saturated heterocycles. The van der Waals surface area contributed by atoms with E-state index in [0.717, 1.165) is 31.8 Å². The van der Waals surface area contributed by atoms with Gasteiger partial charge in [0.05, 0.1) is 25.5 Å². The number of rotatable bonds is 5. The Kier molecular flexibility index (Phi) is 4.82. The third-order valence-corrected chi connectivity index (χ3v) is 3.84. The Morgan fingerprint density at radius 1 is 1.23 bits per heavy atom. The number of morpholine rings is 1. The average Bonchev–Trinajstić information content (AvgIpc) is 2.97. The molecule has 2 N–H and O–H groups in total. The molecular formula is C16H21FN4O. The molecule has 0 amide bonds. The van der Waals surface area contributed by atoms with E-state index in [1.807, 2.05) is 17.1 Å². The number of hydrogen-bond acceptors (Lipinski definition) is 4. The molecule has 1 unspecified atom stereocenters. The van der Waals surface area contributed by atoms with E-state index in [1.54, 1.807) is 12.1 Å². The molecule has 0 aliphatic carbocycles. The van der Waals surface area contributed by atoms with Gasteiger partial charge in [-0.1, -0.05) is 12.1 Å². The van der Waals surface area contributed by atoms with Gasteiger partial charge in [0.2, 0.25) is 0 Å². The molecule has 1 aromatic carbocycles. The maximum Gasteiger partial charge on any atom is 0.123 e. The molecule has 1 aromatic heterocycles. The zero-order valence-corrected chi connectivity index (χ0v) is 12.5. The summed E-state index contributed by atoms with van der Waals surface area (Å²) in [6.07, 6.45) is 4.05. The van der Waals surface area contributed by atoms with Crippen molar-refractivity contribution in [1.29, 1.82) is 0 Å². The summed E-state index contributed by atoms with van der Waals surface area (Å²) in [6, 6.07) is 6.51. The van der Waals surface area contributed by atoms with Gasteiger partial charge in [0.25, 0.3) is 0 Å². The van der Waals surface area contributed by atoms with Gasteiger partial charge in [-0.25, -0.2) is 4.39 Å². The van der Waals surface area contributed by atoms with Crippen LogP contribution in [0.1, 0.15) is 11.1 Å². The molecule has 1 atom stereocenters. The first kappa shape index (κ1) is 15.1. The summed E-state index contributed by atoms with van der Waals surface area (Å²) in [6.45, 7) is 4.56. The first-order chi connectivity index (χ1) is 10.7. The van der Waals surface area contributed by atoms with Crippen LogP contribution in [0.5, 0.6) is 0 Å². The van der Waals surface area contributed by atoms with Gasteiger partial charge in [-0.15, -0.1) is 0 Å². The number of aromatic nitrogens is 2. The van der Waals surface area contributed by atoms with Crippen LogP contribution < -0.4 is 5.73 Å². The van der Waals surface area contributed by atoms with E-state index in [2.05, 4.69) is 10.00 Å². The van der Waals surface area contributed by atoms with Crippen molar-refractivity contribution in [3.8, 4) is 0 Å². The Labute approximate surface area is 129 Å². The molecule has 0 radical (unpaired) electrons. The Morgan fingerprint density at radius 2 is 2.05 bits per heavy atom. The van der Waals surface area contributed by atoms with Crippen molar-refractivity contribution >= 4 is 0 Å². The van der Waals surface area contributed by atoms with Crippen LogP contribution >= 0.6 is 0 Å². The van der Waals surface area contributed by atoms with Gasteiger partial charge >= 0.3 is 0 Å². The van der Waals surface area contributed by atoms with Crippen molar-refractivity contribution in [2.45, 2.75) is 19.2 Å². The van der Waals surface area contributed by atoms with Crippen molar-refractivity contribution in [3.63, 3.8) is 0 Å². The molecule has 118 valence electrons. The molecule has 3 rings (SSSR count). The number of benzene rings is 1. The van der Waals surface area contributed by atoms with Crippen molar-refractivity contribution in [2.24, 2.45) is 5.73 Å². The highest BCUT2D eigenvalue weighted by Crippen LogP contribution is 2.11. The lowest BCUT2D eigenvalue weighted by Crippen LogP contribution is -2.45. The van der Waals surface area contributed by atoms with Crippen LogP contribution in [0.4, 0.5) is 4.39 Å². The second-order valence-corrected chi connectivity index (χ2v) is 5.64. The summed E-state index contributed by atoms with van der Waals surface area (Å²) in [5, 5.41) is 4.38. The van der Waals surface area contributed by atoms with Crippen molar-refractivity contribution < 1.29 is 9.13 Å². The minimum atomic E-state index is -0.216. The van der Waals surface area contributed by atoms with E-state index < -0.39 is 0 Å². The number of halogens is 1. The monoisotopic (exact) mass is 304 g/mol. The number of ether oxygens (including phenoxy) is 1. The fraction of sp³-hybridized carbons (Fsp3) is 0.438. The van der Waals surface area contributed by atoms with E-state index in [4.69, 9.17) is 10.5 Å². The van der Waals surface area contributed by atoms with Gasteiger partial charge in [0.1, 0.15) is 5.82 Å². The summed E-state index contributed by atoms with van der Waals surface area (Å²) in [4.78, 5) is 2.33. The van der Waals surface area contributed by atoms with Crippen molar-refractivity contribution in [3.05, 3.63) is 53.6 Å². The molecular weight excluding hydrogens is 283 g/mol. The fourth-order valence-electron chi connectivity index (χ4n) is 2.68. The minimum absolute atomic E-state index is 0.128. The molecule has 1 aliphatic heterocycles. The molecule has 0 saturated carbocycles. The Morgan fingerprint density at radius 3 is 2.82 bits per heavy atom. The first-order valence-corrected chi connectivity index (χ1v) is 7.53. The highest BCUT2D eigenvalue weighted by Gasteiger charge is 2.19. The van der Waals surface area contributed by atoms with Crippen molar-refractivity contribution in [1.82, 2.24) is 14.7 Å². The molecule has 22 heavy (non-hydrogen) atoms. The van der Waals surface area contributed by atoms with Gasteiger partial charge < -0.3 is 10.5 Å². The summed E-state index contributed by atoms with van der Waals surface area (Å²) in [7, 11) is 0. The van der Waals surface area contributed by atoms with E-state index in [9.17, 15) is 4.39 Å². The Balaban J connectivity index is 1.58. The SMILES string of the molecule is NCC1CN(Cc2cnn(Cc3ccc(F)cc3)c2)CCO1. The van der Waals surface area contributed by atoms with Crippen LogP contribution in [-0.2, 0) is 17.8 Å². The van der Waals surface area contributed by atoms with E-state index in [-0.39, 0.29) is 11.9 Å². The van der Waals surface area contributed by atoms with Gasteiger partial charge in [-0.3, -0.25) is 9.58 Å². The average molecular weight is 304 g/mol. The molecule has 1 fully saturated rings. The van der Waals surface area contributed by atoms with E-state index >= 15 is 0 Å². The fourth-order valence-corrected chi connectivity index (χ4v) is 2.68. The summed E-state index contributed by atoms with van der Waals surface area (Å²) >= 11 is 0. The summed E-state index contributed by atoms with van der Waals surface area (Å²) < 4.78 is 20.4. The highest BCUT2D eigenvalue weighted by molar-refractivity contribution is 5.16. The van der Waals surface area contributed by atoms with Crippen LogP contribution in [-0.4, -0.2) is 47.0 Å². The molecule has 0 bridgehead atoms. The van der Waals surface area contributed by atoms with Crippen LogP contribution in [0, 0.1) is 5.82 Å². The Hall–Kier alpha value is -1.76. The van der Waals surface area contributed by atoms with Crippen LogP contribution in [0.25, 0.3) is 0 Å². The normalized spacial score (nSPS) is 19.5. The highest BCUT2D eigenvalue weighted by atomic mass is 19.1. The largest absolute Gasteiger partial charge is 0.374 e. The molecule has 0 spiro atoms. The van der Waals surface area contributed by atoms with Crippen LogP contribution in [0.15, 0.2) is 36.7 Å².